The monoisotopic (exact) mass is 260 g/mol. The van der Waals surface area contributed by atoms with Gasteiger partial charge in [0.1, 0.15) is 0 Å². The number of aromatic nitrogens is 2. The van der Waals surface area contributed by atoms with E-state index in [9.17, 15) is 5.11 Å². The van der Waals surface area contributed by atoms with Crippen molar-refractivity contribution in [2.45, 2.75) is 10.9 Å². The largest absolute Gasteiger partial charge is 0.859 e. The third-order valence-electron chi connectivity index (χ3n) is 2.29. The molecular weight excluding hydrogens is 248 g/mol. The van der Waals surface area contributed by atoms with Gasteiger partial charge in [-0.2, -0.15) is 0 Å². The van der Waals surface area contributed by atoms with Crippen LogP contribution >= 0.6 is 11.8 Å². The molecule has 0 aliphatic heterocycles. The number of hydrogen-bond donors (Lipinski definition) is 2. The van der Waals surface area contributed by atoms with E-state index < -0.39 is 0 Å². The summed E-state index contributed by atoms with van der Waals surface area (Å²) in [6, 6.07) is 8.90. The van der Waals surface area contributed by atoms with Crippen molar-refractivity contribution in [1.82, 2.24) is 9.97 Å². The van der Waals surface area contributed by atoms with Gasteiger partial charge >= 0.3 is 0 Å². The SMILES string of the molecule is NC(=[NH2+])c1ccccc1CSc1nccc([O-])n1. The van der Waals surface area contributed by atoms with Crippen LogP contribution in [0.15, 0.2) is 41.7 Å². The van der Waals surface area contributed by atoms with Crippen molar-refractivity contribution in [3.63, 3.8) is 0 Å². The van der Waals surface area contributed by atoms with E-state index >= 15 is 0 Å². The quantitative estimate of drug-likeness (QED) is 0.328. The van der Waals surface area contributed by atoms with Crippen LogP contribution in [0.2, 0.25) is 0 Å². The van der Waals surface area contributed by atoms with Crippen LogP contribution in [0.4, 0.5) is 0 Å². The smallest absolute Gasteiger partial charge is 0.270 e. The Hall–Kier alpha value is -2.08. The van der Waals surface area contributed by atoms with E-state index in [1.54, 1.807) is 0 Å². The van der Waals surface area contributed by atoms with Crippen LogP contribution < -0.4 is 16.2 Å². The third-order valence-corrected chi connectivity index (χ3v) is 3.20. The van der Waals surface area contributed by atoms with Crippen molar-refractivity contribution in [2.75, 3.05) is 0 Å². The maximum absolute atomic E-state index is 11.1. The molecule has 0 radical (unpaired) electrons. The van der Waals surface area contributed by atoms with Crippen molar-refractivity contribution >= 4 is 17.6 Å². The molecular formula is C12H12N4OS. The highest BCUT2D eigenvalue weighted by Gasteiger charge is 2.08. The molecule has 0 bridgehead atoms. The number of thioether (sulfide) groups is 1. The summed E-state index contributed by atoms with van der Waals surface area (Å²) in [5.74, 6) is 0.604. The Labute approximate surface area is 109 Å². The summed E-state index contributed by atoms with van der Waals surface area (Å²) < 4.78 is 0. The van der Waals surface area contributed by atoms with Gasteiger partial charge in [-0.15, -0.1) is 0 Å². The van der Waals surface area contributed by atoms with E-state index in [2.05, 4.69) is 9.97 Å². The fraction of sp³-hybridized carbons (Fsp3) is 0.0833. The number of nitrogens with zero attached hydrogens (tertiary/aromatic N) is 2. The molecule has 0 aliphatic rings. The van der Waals surface area contributed by atoms with E-state index in [1.807, 2.05) is 24.3 Å². The topological polar surface area (TPSA) is 100 Å². The van der Waals surface area contributed by atoms with Crippen LogP contribution in [0.5, 0.6) is 5.88 Å². The summed E-state index contributed by atoms with van der Waals surface area (Å²) in [6.45, 7) is 0. The molecule has 2 rings (SSSR count). The van der Waals surface area contributed by atoms with E-state index in [-0.39, 0.29) is 11.7 Å². The summed E-state index contributed by atoms with van der Waals surface area (Å²) in [7, 11) is 0. The molecule has 1 heterocycles. The van der Waals surface area contributed by atoms with E-state index in [1.165, 1.54) is 24.0 Å². The minimum Gasteiger partial charge on any atom is -0.859 e. The number of hydrogen-bond acceptors (Lipinski definition) is 4. The Morgan fingerprint density at radius 2 is 2.11 bits per heavy atom. The number of rotatable bonds is 4. The molecule has 0 saturated heterocycles. The Morgan fingerprint density at radius 1 is 1.33 bits per heavy atom. The van der Waals surface area contributed by atoms with Gasteiger partial charge < -0.3 is 5.11 Å². The van der Waals surface area contributed by atoms with Gasteiger partial charge in [-0.05, 0) is 23.6 Å². The first-order chi connectivity index (χ1) is 8.66. The van der Waals surface area contributed by atoms with Gasteiger partial charge in [-0.3, -0.25) is 11.1 Å². The summed E-state index contributed by atoms with van der Waals surface area (Å²) in [5.41, 5.74) is 7.41. The van der Waals surface area contributed by atoms with Crippen molar-refractivity contribution in [3.05, 3.63) is 47.7 Å². The molecule has 4 N–H and O–H groups in total. The lowest BCUT2D eigenvalue weighted by molar-refractivity contribution is -0.275. The van der Waals surface area contributed by atoms with E-state index in [4.69, 9.17) is 11.1 Å². The van der Waals surface area contributed by atoms with Gasteiger partial charge in [0, 0.05) is 11.9 Å². The molecule has 0 saturated carbocycles. The Kier molecular flexibility index (Phi) is 3.78. The molecule has 2 aromatic rings. The van der Waals surface area contributed by atoms with Gasteiger partial charge in [0.15, 0.2) is 5.16 Å². The predicted molar refractivity (Wildman–Crippen MR) is 67.7 cm³/mol. The highest BCUT2D eigenvalue weighted by Crippen LogP contribution is 2.21. The minimum atomic E-state index is -0.286. The molecule has 0 spiro atoms. The lowest BCUT2D eigenvalue weighted by Crippen LogP contribution is -2.46. The molecule has 0 unspecified atom stereocenters. The summed E-state index contributed by atoms with van der Waals surface area (Å²) in [4.78, 5) is 7.80. The standard InChI is InChI=1S/C12H12N4OS/c13-11(14)9-4-2-1-3-8(9)7-18-12-15-6-5-10(17)16-12/h1-6H,7H2,(H3,13,14)(H,15,16,17). The van der Waals surface area contributed by atoms with E-state index in [0.29, 0.717) is 10.9 Å². The lowest BCUT2D eigenvalue weighted by atomic mass is 10.1. The molecule has 5 nitrogen and oxygen atoms in total. The maximum atomic E-state index is 11.1. The van der Waals surface area contributed by atoms with E-state index in [0.717, 1.165) is 11.1 Å². The van der Waals surface area contributed by atoms with Crippen LogP contribution in [-0.4, -0.2) is 15.8 Å². The van der Waals surface area contributed by atoms with Crippen LogP contribution in [0.1, 0.15) is 11.1 Å². The molecule has 0 aliphatic carbocycles. The van der Waals surface area contributed by atoms with Crippen molar-refractivity contribution in [3.8, 4) is 5.88 Å². The van der Waals surface area contributed by atoms with Crippen LogP contribution in [0.25, 0.3) is 0 Å². The molecule has 0 atom stereocenters. The average molecular weight is 260 g/mol. The fourth-order valence-corrected chi connectivity index (χ4v) is 2.29. The molecule has 0 fully saturated rings. The number of amidine groups is 1. The van der Waals surface area contributed by atoms with Crippen molar-refractivity contribution < 1.29 is 10.5 Å². The second kappa shape index (κ2) is 5.50. The molecule has 0 amide bonds. The maximum Gasteiger partial charge on any atom is 0.270 e. The molecule has 92 valence electrons. The van der Waals surface area contributed by atoms with Gasteiger partial charge in [0.05, 0.1) is 5.56 Å². The first kappa shape index (κ1) is 12.4. The predicted octanol–water partition coefficient (Wildman–Crippen LogP) is -0.693. The third kappa shape index (κ3) is 2.98. The summed E-state index contributed by atoms with van der Waals surface area (Å²) >= 11 is 1.37. The second-order valence-corrected chi connectivity index (χ2v) is 4.52. The summed E-state index contributed by atoms with van der Waals surface area (Å²) in [5, 5.41) is 17.1. The first-order valence-electron chi connectivity index (χ1n) is 5.26. The Morgan fingerprint density at radius 3 is 2.83 bits per heavy atom. The van der Waals surface area contributed by atoms with Crippen molar-refractivity contribution in [2.24, 2.45) is 5.73 Å². The normalized spacial score (nSPS) is 10.2. The van der Waals surface area contributed by atoms with Gasteiger partial charge in [0.25, 0.3) is 5.84 Å². The number of benzene rings is 1. The molecule has 18 heavy (non-hydrogen) atoms. The highest BCUT2D eigenvalue weighted by atomic mass is 32.2. The summed E-state index contributed by atoms with van der Waals surface area (Å²) in [6.07, 6.45) is 1.45. The molecule has 1 aromatic carbocycles. The number of nitrogens with two attached hydrogens (primary N) is 2. The van der Waals surface area contributed by atoms with Crippen LogP contribution in [0, 0.1) is 0 Å². The second-order valence-electron chi connectivity index (χ2n) is 3.58. The van der Waals surface area contributed by atoms with Crippen LogP contribution in [-0.2, 0) is 5.75 Å². The fourth-order valence-electron chi connectivity index (χ4n) is 1.46. The zero-order valence-corrected chi connectivity index (χ0v) is 10.4. The molecule has 1 aromatic heterocycles. The highest BCUT2D eigenvalue weighted by molar-refractivity contribution is 7.98. The zero-order chi connectivity index (χ0) is 13.0. The van der Waals surface area contributed by atoms with Crippen molar-refractivity contribution in [1.29, 1.82) is 0 Å². The minimum absolute atomic E-state index is 0.282. The van der Waals surface area contributed by atoms with Gasteiger partial charge in [-0.25, -0.2) is 9.97 Å². The first-order valence-corrected chi connectivity index (χ1v) is 6.24. The lowest BCUT2D eigenvalue weighted by Gasteiger charge is -2.07. The Bertz CT molecular complexity index is 574. The van der Waals surface area contributed by atoms with Gasteiger partial charge in [-0.1, -0.05) is 30.0 Å². The zero-order valence-electron chi connectivity index (χ0n) is 9.54. The van der Waals surface area contributed by atoms with Gasteiger partial charge in [0.2, 0.25) is 0 Å². The Balaban J connectivity index is 2.13. The van der Waals surface area contributed by atoms with Crippen LogP contribution in [0.3, 0.4) is 0 Å². The average Bonchev–Trinajstić information content (AvgIpc) is 2.37. The molecule has 6 heteroatoms.